The number of hydrogen-bond acceptors (Lipinski definition) is 5. The summed E-state index contributed by atoms with van der Waals surface area (Å²) in [7, 11) is 0. The van der Waals surface area contributed by atoms with Gasteiger partial charge in [-0.05, 0) is 31.8 Å². The molecule has 0 radical (unpaired) electrons. The predicted molar refractivity (Wildman–Crippen MR) is 68.0 cm³/mol. The highest BCUT2D eigenvalue weighted by Crippen LogP contribution is 2.32. The second-order valence-electron chi connectivity index (χ2n) is 5.38. The minimum absolute atomic E-state index is 0.132. The Labute approximate surface area is 114 Å². The van der Waals surface area contributed by atoms with E-state index in [4.69, 9.17) is 5.73 Å². The van der Waals surface area contributed by atoms with Crippen LogP contribution in [-0.2, 0) is 6.18 Å². The molecule has 20 heavy (non-hydrogen) atoms. The number of alkyl halides is 3. The number of hydrogen-bond donors (Lipinski definition) is 2. The minimum atomic E-state index is -4.51. The number of nitrogens with zero attached hydrogens (tertiary/aromatic N) is 3. The van der Waals surface area contributed by atoms with Crippen LogP contribution >= 0.6 is 0 Å². The summed E-state index contributed by atoms with van der Waals surface area (Å²) in [6, 6.07) is 1.06. The lowest BCUT2D eigenvalue weighted by Crippen LogP contribution is -2.53. The van der Waals surface area contributed by atoms with E-state index in [-0.39, 0.29) is 17.8 Å². The van der Waals surface area contributed by atoms with Crippen LogP contribution in [0.1, 0.15) is 18.5 Å². The molecule has 1 atom stereocenters. The van der Waals surface area contributed by atoms with Gasteiger partial charge < -0.3 is 16.0 Å². The molecule has 3 saturated heterocycles. The Morgan fingerprint density at radius 2 is 1.95 bits per heavy atom. The molecule has 3 N–H and O–H groups in total. The number of halogens is 3. The summed E-state index contributed by atoms with van der Waals surface area (Å²) in [5.41, 5.74) is 4.36. The van der Waals surface area contributed by atoms with E-state index in [2.05, 4.69) is 20.2 Å². The molecule has 0 spiro atoms. The van der Waals surface area contributed by atoms with E-state index in [0.29, 0.717) is 5.92 Å². The summed E-state index contributed by atoms with van der Waals surface area (Å²) in [4.78, 5) is 9.41. The number of aromatic nitrogens is 2. The molecule has 0 aliphatic carbocycles. The van der Waals surface area contributed by atoms with E-state index in [1.165, 1.54) is 0 Å². The first-order valence-electron chi connectivity index (χ1n) is 6.62. The van der Waals surface area contributed by atoms with Crippen LogP contribution in [0.2, 0.25) is 0 Å². The van der Waals surface area contributed by atoms with E-state index in [1.807, 2.05) is 0 Å². The van der Waals surface area contributed by atoms with Crippen molar-refractivity contribution in [3.05, 3.63) is 11.8 Å². The number of nitrogens with two attached hydrogens (primary N) is 1. The van der Waals surface area contributed by atoms with Crippen molar-refractivity contribution in [2.24, 2.45) is 5.92 Å². The van der Waals surface area contributed by atoms with Crippen LogP contribution in [-0.4, -0.2) is 40.5 Å². The quantitative estimate of drug-likeness (QED) is 0.864. The minimum Gasteiger partial charge on any atom is -0.368 e. The van der Waals surface area contributed by atoms with Crippen molar-refractivity contribution >= 4 is 11.8 Å². The third-order valence-electron chi connectivity index (χ3n) is 4.02. The van der Waals surface area contributed by atoms with Crippen molar-refractivity contribution in [2.75, 3.05) is 30.7 Å². The first-order chi connectivity index (χ1) is 9.41. The predicted octanol–water partition coefficient (Wildman–Crippen LogP) is 1.58. The van der Waals surface area contributed by atoms with Gasteiger partial charge in [-0.15, -0.1) is 0 Å². The molecule has 2 bridgehead atoms. The van der Waals surface area contributed by atoms with Crippen molar-refractivity contribution in [3.63, 3.8) is 0 Å². The summed E-state index contributed by atoms with van der Waals surface area (Å²) in [6.07, 6.45) is -2.36. The van der Waals surface area contributed by atoms with Crippen molar-refractivity contribution in [2.45, 2.75) is 25.1 Å². The zero-order chi connectivity index (χ0) is 14.3. The first kappa shape index (κ1) is 13.4. The molecule has 8 heteroatoms. The lowest BCUT2D eigenvalue weighted by atomic mass is 9.84. The number of nitrogen functional groups attached to an aromatic ring is 1. The highest BCUT2D eigenvalue weighted by atomic mass is 19.4. The Morgan fingerprint density at radius 3 is 2.50 bits per heavy atom. The summed E-state index contributed by atoms with van der Waals surface area (Å²) < 4.78 is 38.1. The van der Waals surface area contributed by atoms with Gasteiger partial charge in [0.25, 0.3) is 0 Å². The van der Waals surface area contributed by atoms with E-state index < -0.39 is 11.9 Å². The van der Waals surface area contributed by atoms with Gasteiger partial charge in [-0.3, -0.25) is 0 Å². The molecule has 4 rings (SSSR count). The Kier molecular flexibility index (Phi) is 3.19. The lowest BCUT2D eigenvalue weighted by molar-refractivity contribution is -0.141. The van der Waals surface area contributed by atoms with Crippen molar-refractivity contribution < 1.29 is 13.2 Å². The fourth-order valence-corrected chi connectivity index (χ4v) is 3.00. The number of piperidine rings is 3. The number of anilines is 2. The van der Waals surface area contributed by atoms with Crippen LogP contribution in [0.4, 0.5) is 24.9 Å². The maximum atomic E-state index is 12.7. The molecule has 3 aliphatic rings. The summed E-state index contributed by atoms with van der Waals surface area (Å²) in [6.45, 7) is 2.99. The Bertz CT molecular complexity index is 496. The highest BCUT2D eigenvalue weighted by Gasteiger charge is 2.36. The third-order valence-corrected chi connectivity index (χ3v) is 4.02. The summed E-state index contributed by atoms with van der Waals surface area (Å²) >= 11 is 0. The van der Waals surface area contributed by atoms with Gasteiger partial charge in [0.05, 0.1) is 0 Å². The molecule has 0 saturated carbocycles. The molecule has 0 amide bonds. The first-order valence-corrected chi connectivity index (χ1v) is 6.62. The van der Waals surface area contributed by atoms with E-state index >= 15 is 0 Å². The molecule has 3 fully saturated rings. The van der Waals surface area contributed by atoms with Crippen LogP contribution in [0.3, 0.4) is 0 Å². The monoisotopic (exact) mass is 287 g/mol. The summed E-state index contributed by atoms with van der Waals surface area (Å²) in [5, 5.41) is 3.09. The molecule has 1 aromatic rings. The molecule has 5 nitrogen and oxygen atoms in total. The van der Waals surface area contributed by atoms with Gasteiger partial charge in [0.1, 0.15) is 5.82 Å². The van der Waals surface area contributed by atoms with E-state index in [0.717, 1.165) is 38.5 Å². The molecule has 110 valence electrons. The number of nitrogens with one attached hydrogen (secondary N) is 1. The van der Waals surface area contributed by atoms with Crippen molar-refractivity contribution in [3.8, 4) is 0 Å². The van der Waals surface area contributed by atoms with Gasteiger partial charge in [-0.25, -0.2) is 4.98 Å². The van der Waals surface area contributed by atoms with Gasteiger partial charge in [0.2, 0.25) is 5.95 Å². The topological polar surface area (TPSA) is 67.1 Å². The second-order valence-corrected chi connectivity index (χ2v) is 5.38. The maximum absolute atomic E-state index is 12.7. The van der Waals surface area contributed by atoms with Gasteiger partial charge in [0, 0.05) is 18.7 Å². The largest absolute Gasteiger partial charge is 0.433 e. The van der Waals surface area contributed by atoms with Gasteiger partial charge in [-0.2, -0.15) is 18.2 Å². The molecule has 4 heterocycles. The Hall–Kier alpha value is -1.57. The average Bonchev–Trinajstić information content (AvgIpc) is 2.38. The fourth-order valence-electron chi connectivity index (χ4n) is 3.00. The lowest BCUT2D eigenvalue weighted by Gasteiger charge is -2.45. The zero-order valence-corrected chi connectivity index (χ0v) is 10.8. The smallest absolute Gasteiger partial charge is 0.368 e. The molecule has 1 aromatic heterocycles. The van der Waals surface area contributed by atoms with Crippen LogP contribution in [0.15, 0.2) is 6.07 Å². The highest BCUT2D eigenvalue weighted by molar-refractivity contribution is 5.42. The number of fused-ring (bicyclic) bond motifs is 3. The Balaban J connectivity index is 1.79. The van der Waals surface area contributed by atoms with Crippen LogP contribution < -0.4 is 11.1 Å². The zero-order valence-electron chi connectivity index (χ0n) is 10.8. The molecule has 1 unspecified atom stereocenters. The van der Waals surface area contributed by atoms with Gasteiger partial charge in [-0.1, -0.05) is 0 Å². The summed E-state index contributed by atoms with van der Waals surface area (Å²) in [5.74, 6) is 0.290. The van der Waals surface area contributed by atoms with Gasteiger partial charge in [0.15, 0.2) is 5.69 Å². The van der Waals surface area contributed by atoms with Gasteiger partial charge >= 0.3 is 6.18 Å². The molecular weight excluding hydrogens is 271 g/mol. The second kappa shape index (κ2) is 4.76. The van der Waals surface area contributed by atoms with Crippen LogP contribution in [0.5, 0.6) is 0 Å². The molecule has 0 aromatic carbocycles. The third kappa shape index (κ3) is 2.65. The van der Waals surface area contributed by atoms with Crippen molar-refractivity contribution in [1.29, 1.82) is 0 Å². The Morgan fingerprint density at radius 1 is 1.25 bits per heavy atom. The standard InChI is InChI=1S/C12H16F3N5/c13-12(14,15)9-5-10(19-11(16)18-9)17-8-6-20-3-1-7(8)2-4-20/h5,7-8H,1-4,6H2,(H3,16,17,18,19). The molecular formula is C12H16F3N5. The van der Waals surface area contributed by atoms with E-state index in [1.54, 1.807) is 0 Å². The van der Waals surface area contributed by atoms with Crippen molar-refractivity contribution in [1.82, 2.24) is 14.9 Å². The maximum Gasteiger partial charge on any atom is 0.433 e. The fraction of sp³-hybridized carbons (Fsp3) is 0.667. The normalized spacial score (nSPS) is 29.4. The van der Waals surface area contributed by atoms with Crippen LogP contribution in [0, 0.1) is 5.92 Å². The van der Waals surface area contributed by atoms with E-state index in [9.17, 15) is 13.2 Å². The SMILES string of the molecule is Nc1nc(NC2CN3CCC2CC3)cc(C(F)(F)F)n1. The molecule has 3 aliphatic heterocycles. The average molecular weight is 287 g/mol. The van der Waals surface area contributed by atoms with Crippen LogP contribution in [0.25, 0.3) is 0 Å². The number of rotatable bonds is 2.